The summed E-state index contributed by atoms with van der Waals surface area (Å²) in [4.78, 5) is 4.03. The van der Waals surface area contributed by atoms with Crippen molar-refractivity contribution in [2.75, 3.05) is 6.61 Å². The van der Waals surface area contributed by atoms with E-state index in [2.05, 4.69) is 4.98 Å². The first-order valence-electron chi connectivity index (χ1n) is 4.15. The van der Waals surface area contributed by atoms with Crippen LogP contribution in [0.15, 0.2) is 24.5 Å². The van der Waals surface area contributed by atoms with Crippen LogP contribution in [0.5, 0.6) is 0 Å². The lowest BCUT2D eigenvalue weighted by Crippen LogP contribution is -2.23. The van der Waals surface area contributed by atoms with Crippen LogP contribution in [0.3, 0.4) is 0 Å². The van der Waals surface area contributed by atoms with Gasteiger partial charge >= 0.3 is 0 Å². The summed E-state index contributed by atoms with van der Waals surface area (Å²) in [5.74, 6) is 0. The Morgan fingerprint density at radius 1 is 1.43 bits per heavy atom. The first-order valence-corrected chi connectivity index (χ1v) is 4.15. The van der Waals surface area contributed by atoms with Crippen molar-refractivity contribution < 1.29 is 4.74 Å². The molecule has 1 fully saturated rings. The SMILES string of the molecule is Cl.Cl.N[C@H]1CCO[C@@H]1c1cccnc1. The fraction of sp³-hybridized carbons (Fsp3) is 0.444. The van der Waals surface area contributed by atoms with Gasteiger partial charge in [0, 0.05) is 30.6 Å². The summed E-state index contributed by atoms with van der Waals surface area (Å²) in [6.07, 6.45) is 4.57. The van der Waals surface area contributed by atoms with E-state index >= 15 is 0 Å². The highest BCUT2D eigenvalue weighted by atomic mass is 35.5. The summed E-state index contributed by atoms with van der Waals surface area (Å²) >= 11 is 0. The van der Waals surface area contributed by atoms with Crippen molar-refractivity contribution >= 4 is 24.8 Å². The van der Waals surface area contributed by atoms with Crippen molar-refractivity contribution in [3.63, 3.8) is 0 Å². The topological polar surface area (TPSA) is 48.1 Å². The predicted molar refractivity (Wildman–Crippen MR) is 60.0 cm³/mol. The highest BCUT2D eigenvalue weighted by Crippen LogP contribution is 2.26. The van der Waals surface area contributed by atoms with Crippen LogP contribution in [0.4, 0.5) is 0 Å². The van der Waals surface area contributed by atoms with E-state index in [0.29, 0.717) is 0 Å². The third-order valence-corrected chi connectivity index (χ3v) is 2.15. The average molecular weight is 237 g/mol. The zero-order chi connectivity index (χ0) is 8.39. The van der Waals surface area contributed by atoms with E-state index in [1.165, 1.54) is 0 Å². The van der Waals surface area contributed by atoms with E-state index < -0.39 is 0 Å². The molecule has 0 saturated carbocycles. The van der Waals surface area contributed by atoms with Gasteiger partial charge in [-0.3, -0.25) is 4.98 Å². The summed E-state index contributed by atoms with van der Waals surface area (Å²) in [6.45, 7) is 0.765. The molecule has 1 aliphatic heterocycles. The fourth-order valence-electron chi connectivity index (χ4n) is 1.49. The average Bonchev–Trinajstić information content (AvgIpc) is 2.53. The van der Waals surface area contributed by atoms with Gasteiger partial charge in [-0.25, -0.2) is 0 Å². The number of pyridine rings is 1. The molecule has 0 bridgehead atoms. The third kappa shape index (κ3) is 2.82. The lowest BCUT2D eigenvalue weighted by molar-refractivity contribution is 0.105. The molecule has 1 aliphatic rings. The van der Waals surface area contributed by atoms with Gasteiger partial charge < -0.3 is 10.5 Å². The maximum Gasteiger partial charge on any atom is 0.0991 e. The first kappa shape index (κ1) is 13.7. The molecule has 1 aromatic heterocycles. The van der Waals surface area contributed by atoms with Gasteiger partial charge in [0.2, 0.25) is 0 Å². The second kappa shape index (κ2) is 6.19. The van der Waals surface area contributed by atoms with Crippen molar-refractivity contribution in [1.29, 1.82) is 0 Å². The zero-order valence-corrected chi connectivity index (χ0v) is 9.26. The Morgan fingerprint density at radius 3 is 2.71 bits per heavy atom. The molecule has 0 aromatic carbocycles. The Hall–Kier alpha value is -0.350. The fourth-order valence-corrected chi connectivity index (χ4v) is 1.49. The molecule has 0 spiro atoms. The summed E-state index contributed by atoms with van der Waals surface area (Å²) in [6, 6.07) is 4.04. The second-order valence-corrected chi connectivity index (χ2v) is 3.03. The van der Waals surface area contributed by atoms with Gasteiger partial charge in [0.05, 0.1) is 6.10 Å². The van der Waals surface area contributed by atoms with Gasteiger partial charge in [-0.05, 0) is 12.5 Å². The van der Waals surface area contributed by atoms with Gasteiger partial charge in [-0.1, -0.05) is 6.07 Å². The molecule has 2 N–H and O–H groups in total. The summed E-state index contributed by atoms with van der Waals surface area (Å²) in [5.41, 5.74) is 6.94. The molecule has 1 saturated heterocycles. The number of nitrogens with zero attached hydrogens (tertiary/aromatic N) is 1. The standard InChI is InChI=1S/C9H12N2O.2ClH/c10-8-3-5-12-9(8)7-2-1-4-11-6-7;;/h1-2,4,6,8-9H,3,5,10H2;2*1H/t8-,9+;;/m0../s1. The van der Waals surface area contributed by atoms with Crippen LogP contribution in [0, 0.1) is 0 Å². The number of hydrogen-bond acceptors (Lipinski definition) is 3. The number of rotatable bonds is 1. The van der Waals surface area contributed by atoms with Gasteiger partial charge in [-0.15, -0.1) is 24.8 Å². The second-order valence-electron chi connectivity index (χ2n) is 3.03. The van der Waals surface area contributed by atoms with Crippen molar-refractivity contribution in [2.45, 2.75) is 18.6 Å². The Labute approximate surface area is 95.9 Å². The molecule has 0 aliphatic carbocycles. The number of hydrogen-bond donors (Lipinski definition) is 1. The number of ether oxygens (including phenoxy) is 1. The normalized spacial score (nSPS) is 24.9. The molecular weight excluding hydrogens is 223 g/mol. The Morgan fingerprint density at radius 2 is 2.21 bits per heavy atom. The van der Waals surface area contributed by atoms with Crippen LogP contribution in [0.2, 0.25) is 0 Å². The van der Waals surface area contributed by atoms with E-state index in [1.807, 2.05) is 18.3 Å². The first-order chi connectivity index (χ1) is 5.88. The largest absolute Gasteiger partial charge is 0.372 e. The molecule has 5 heteroatoms. The Bertz CT molecular complexity index is 258. The lowest BCUT2D eigenvalue weighted by Gasteiger charge is -2.13. The summed E-state index contributed by atoms with van der Waals surface area (Å²) in [7, 11) is 0. The third-order valence-electron chi connectivity index (χ3n) is 2.15. The van der Waals surface area contributed by atoms with E-state index in [9.17, 15) is 0 Å². The van der Waals surface area contributed by atoms with Crippen LogP contribution in [0.25, 0.3) is 0 Å². The van der Waals surface area contributed by atoms with Gasteiger partial charge in [0.1, 0.15) is 0 Å². The molecule has 2 atom stereocenters. The van der Waals surface area contributed by atoms with Gasteiger partial charge in [0.25, 0.3) is 0 Å². The van der Waals surface area contributed by atoms with E-state index in [-0.39, 0.29) is 37.0 Å². The molecular formula is C9H14Cl2N2O. The summed E-state index contributed by atoms with van der Waals surface area (Å²) < 4.78 is 5.49. The lowest BCUT2D eigenvalue weighted by atomic mass is 10.1. The van der Waals surface area contributed by atoms with Gasteiger partial charge in [0.15, 0.2) is 0 Å². The maximum atomic E-state index is 5.86. The number of nitrogens with two attached hydrogens (primary N) is 1. The van der Waals surface area contributed by atoms with Crippen LogP contribution in [-0.4, -0.2) is 17.6 Å². The van der Waals surface area contributed by atoms with Crippen molar-refractivity contribution in [2.24, 2.45) is 5.73 Å². The minimum Gasteiger partial charge on any atom is -0.372 e. The number of halogens is 2. The molecule has 80 valence electrons. The van der Waals surface area contributed by atoms with Crippen LogP contribution >= 0.6 is 24.8 Å². The van der Waals surface area contributed by atoms with Crippen molar-refractivity contribution in [1.82, 2.24) is 4.98 Å². The predicted octanol–water partition coefficient (Wildman–Crippen LogP) is 1.71. The number of aromatic nitrogens is 1. The van der Waals surface area contributed by atoms with Crippen LogP contribution in [-0.2, 0) is 4.74 Å². The van der Waals surface area contributed by atoms with E-state index in [4.69, 9.17) is 10.5 Å². The monoisotopic (exact) mass is 236 g/mol. The summed E-state index contributed by atoms with van der Waals surface area (Å²) in [5, 5.41) is 0. The van der Waals surface area contributed by atoms with Crippen LogP contribution in [0.1, 0.15) is 18.1 Å². The van der Waals surface area contributed by atoms with Crippen molar-refractivity contribution in [3.05, 3.63) is 30.1 Å². The minimum atomic E-state index is 0. The molecule has 3 nitrogen and oxygen atoms in total. The highest BCUT2D eigenvalue weighted by molar-refractivity contribution is 5.85. The van der Waals surface area contributed by atoms with Crippen molar-refractivity contribution in [3.8, 4) is 0 Å². The molecule has 14 heavy (non-hydrogen) atoms. The van der Waals surface area contributed by atoms with E-state index in [0.717, 1.165) is 18.6 Å². The Kier molecular flexibility index (Phi) is 6.04. The van der Waals surface area contributed by atoms with Gasteiger partial charge in [-0.2, -0.15) is 0 Å². The van der Waals surface area contributed by atoms with E-state index in [1.54, 1.807) is 6.20 Å². The molecule has 2 heterocycles. The minimum absolute atomic E-state index is 0. The highest BCUT2D eigenvalue weighted by Gasteiger charge is 2.26. The molecule has 0 radical (unpaired) electrons. The molecule has 2 rings (SSSR count). The molecule has 1 aromatic rings. The maximum absolute atomic E-state index is 5.86. The molecule has 0 unspecified atom stereocenters. The zero-order valence-electron chi connectivity index (χ0n) is 7.63. The van der Waals surface area contributed by atoms with Crippen LogP contribution < -0.4 is 5.73 Å². The quantitative estimate of drug-likeness (QED) is 0.808. The molecule has 0 amide bonds. The Balaban J connectivity index is 0.000000845. The smallest absolute Gasteiger partial charge is 0.0991 e.